The lowest BCUT2D eigenvalue weighted by Gasteiger charge is -2.11. The van der Waals surface area contributed by atoms with E-state index in [1.165, 1.54) is 0 Å². The van der Waals surface area contributed by atoms with Crippen molar-refractivity contribution in [3.8, 4) is 16.9 Å². The van der Waals surface area contributed by atoms with Gasteiger partial charge >= 0.3 is 0 Å². The first-order chi connectivity index (χ1) is 15.1. The number of aromatic nitrogens is 5. The molecule has 8 heteroatoms. The van der Waals surface area contributed by atoms with Crippen LogP contribution in [0.2, 0.25) is 5.02 Å². The lowest BCUT2D eigenvalue weighted by Crippen LogP contribution is -2.22. The molecule has 0 N–H and O–H groups in total. The van der Waals surface area contributed by atoms with E-state index in [2.05, 4.69) is 15.3 Å². The second-order valence-electron chi connectivity index (χ2n) is 7.20. The molecule has 0 aliphatic carbocycles. The number of hydrogen-bond donors (Lipinski definition) is 0. The minimum atomic E-state index is -0.237. The molecule has 0 fully saturated rings. The van der Waals surface area contributed by atoms with Gasteiger partial charge in [0.1, 0.15) is 11.3 Å². The van der Waals surface area contributed by atoms with E-state index < -0.39 is 0 Å². The molecule has 5 rings (SSSR count). The first kappa shape index (κ1) is 19.3. The fourth-order valence-corrected chi connectivity index (χ4v) is 3.91. The van der Waals surface area contributed by atoms with Crippen LogP contribution in [0.3, 0.4) is 0 Å². The van der Waals surface area contributed by atoms with E-state index in [1.54, 1.807) is 22.4 Å². The molecule has 3 aromatic heterocycles. The Morgan fingerprint density at radius 3 is 2.58 bits per heavy atom. The lowest BCUT2D eigenvalue weighted by atomic mass is 10.1. The Labute approximate surface area is 182 Å². The van der Waals surface area contributed by atoms with Gasteiger partial charge in [-0.05, 0) is 36.8 Å². The van der Waals surface area contributed by atoms with Gasteiger partial charge in [0.2, 0.25) is 0 Å². The normalized spacial score (nSPS) is 11.3. The zero-order valence-electron chi connectivity index (χ0n) is 16.9. The fraction of sp³-hybridized carbons (Fsp3) is 0.130. The Hall–Kier alpha value is -3.71. The highest BCUT2D eigenvalue weighted by molar-refractivity contribution is 6.30. The molecule has 5 aromatic rings. The van der Waals surface area contributed by atoms with E-state index in [0.29, 0.717) is 22.7 Å². The average Bonchev–Trinajstić information content (AvgIpc) is 3.12. The Kier molecular flexibility index (Phi) is 4.67. The molecule has 0 amide bonds. The van der Waals surface area contributed by atoms with Crippen molar-refractivity contribution in [2.75, 3.05) is 7.11 Å². The first-order valence-corrected chi connectivity index (χ1v) is 10.1. The quantitative estimate of drug-likeness (QED) is 0.428. The van der Waals surface area contributed by atoms with Crippen LogP contribution in [0.4, 0.5) is 0 Å². The Morgan fingerprint density at radius 2 is 1.81 bits per heavy atom. The molecular weight excluding hydrogens is 414 g/mol. The van der Waals surface area contributed by atoms with E-state index in [1.807, 2.05) is 61.5 Å². The van der Waals surface area contributed by atoms with Crippen molar-refractivity contribution in [2.24, 2.45) is 0 Å². The second kappa shape index (κ2) is 7.52. The van der Waals surface area contributed by atoms with Crippen molar-refractivity contribution in [1.29, 1.82) is 0 Å². The molecule has 3 heterocycles. The summed E-state index contributed by atoms with van der Waals surface area (Å²) in [6, 6.07) is 16.9. The zero-order valence-corrected chi connectivity index (χ0v) is 17.7. The van der Waals surface area contributed by atoms with Crippen LogP contribution in [0.25, 0.3) is 27.8 Å². The van der Waals surface area contributed by atoms with Crippen molar-refractivity contribution in [2.45, 2.75) is 13.5 Å². The molecule has 0 saturated carbocycles. The number of hydrogen-bond acceptors (Lipinski definition) is 5. The molecule has 0 atom stereocenters. The number of nitrogens with zero attached hydrogens (tertiary/aromatic N) is 5. The van der Waals surface area contributed by atoms with E-state index >= 15 is 0 Å². The van der Waals surface area contributed by atoms with Crippen molar-refractivity contribution in [3.05, 3.63) is 87.4 Å². The predicted molar refractivity (Wildman–Crippen MR) is 120 cm³/mol. The summed E-state index contributed by atoms with van der Waals surface area (Å²) >= 11 is 6.02. The molecule has 0 radical (unpaired) electrons. The first-order valence-electron chi connectivity index (χ1n) is 9.70. The number of pyridine rings is 1. The van der Waals surface area contributed by atoms with Crippen molar-refractivity contribution in [3.63, 3.8) is 0 Å². The largest absolute Gasteiger partial charge is 0.496 e. The monoisotopic (exact) mass is 431 g/mol. The molecule has 31 heavy (non-hydrogen) atoms. The van der Waals surface area contributed by atoms with Crippen LogP contribution in [0.1, 0.15) is 11.3 Å². The molecule has 0 aliphatic rings. The molecule has 0 aliphatic heterocycles. The molecule has 0 bridgehead atoms. The van der Waals surface area contributed by atoms with Crippen LogP contribution in [0.15, 0.2) is 65.6 Å². The summed E-state index contributed by atoms with van der Waals surface area (Å²) in [6.07, 6.45) is 1.75. The van der Waals surface area contributed by atoms with E-state index in [4.69, 9.17) is 16.3 Å². The van der Waals surface area contributed by atoms with Gasteiger partial charge in [-0.25, -0.2) is 4.52 Å². The summed E-state index contributed by atoms with van der Waals surface area (Å²) in [4.78, 5) is 13.1. The summed E-state index contributed by atoms with van der Waals surface area (Å²) in [6.45, 7) is 2.28. The van der Waals surface area contributed by atoms with Crippen LogP contribution in [-0.2, 0) is 6.54 Å². The summed E-state index contributed by atoms with van der Waals surface area (Å²) in [5.41, 5.74) is 4.72. The van der Waals surface area contributed by atoms with Gasteiger partial charge in [-0.15, -0.1) is 10.2 Å². The molecule has 7 nitrogen and oxygen atoms in total. The maximum absolute atomic E-state index is 13.1. The standard InChI is InChI=1S/C23H18ClN5O2/c1-14-20(15-7-9-17(24)10-8-15)22-26-25-21-18(29(22)27-14)11-12-28(23(21)30)13-16-5-3-4-6-19(16)31-2/h3-12H,13H2,1-2H3. The van der Waals surface area contributed by atoms with Gasteiger partial charge in [0.05, 0.1) is 24.9 Å². The maximum Gasteiger partial charge on any atom is 0.280 e. The SMILES string of the molecule is COc1ccccc1Cn1ccc2c(nnc3c(-c4ccc(Cl)cc4)c(C)nn32)c1=O. The highest BCUT2D eigenvalue weighted by Crippen LogP contribution is 2.29. The number of aryl methyl sites for hydroxylation is 1. The van der Waals surface area contributed by atoms with Crippen LogP contribution >= 0.6 is 11.6 Å². The summed E-state index contributed by atoms with van der Waals surface area (Å²) in [5, 5.41) is 13.9. The number of benzene rings is 2. The Bertz CT molecular complexity index is 1490. The van der Waals surface area contributed by atoms with Crippen LogP contribution in [-0.4, -0.2) is 31.5 Å². The van der Waals surface area contributed by atoms with Crippen LogP contribution < -0.4 is 10.3 Å². The number of fused-ring (bicyclic) bond motifs is 3. The van der Waals surface area contributed by atoms with Gasteiger partial charge in [0, 0.05) is 16.8 Å². The highest BCUT2D eigenvalue weighted by Gasteiger charge is 2.17. The predicted octanol–water partition coefficient (Wildman–Crippen LogP) is 4.12. The van der Waals surface area contributed by atoms with Gasteiger partial charge in [0.15, 0.2) is 11.2 Å². The second-order valence-corrected chi connectivity index (χ2v) is 7.63. The third-order valence-electron chi connectivity index (χ3n) is 5.29. The minimum Gasteiger partial charge on any atom is -0.496 e. The minimum absolute atomic E-state index is 0.237. The molecule has 0 saturated heterocycles. The molecule has 2 aromatic carbocycles. The van der Waals surface area contributed by atoms with E-state index in [-0.39, 0.29) is 11.1 Å². The third kappa shape index (κ3) is 3.23. The lowest BCUT2D eigenvalue weighted by molar-refractivity contribution is 0.408. The van der Waals surface area contributed by atoms with Crippen LogP contribution in [0, 0.1) is 6.92 Å². The van der Waals surface area contributed by atoms with E-state index in [9.17, 15) is 4.79 Å². The summed E-state index contributed by atoms with van der Waals surface area (Å²) < 4.78 is 8.67. The third-order valence-corrected chi connectivity index (χ3v) is 5.55. The number of para-hydroxylation sites is 1. The molecule has 0 unspecified atom stereocenters. The smallest absolute Gasteiger partial charge is 0.280 e. The van der Waals surface area contributed by atoms with Crippen LogP contribution in [0.5, 0.6) is 5.75 Å². The highest BCUT2D eigenvalue weighted by atomic mass is 35.5. The zero-order chi connectivity index (χ0) is 21.5. The number of rotatable bonds is 4. The number of halogens is 1. The summed E-state index contributed by atoms with van der Waals surface area (Å²) in [5.74, 6) is 0.728. The van der Waals surface area contributed by atoms with Gasteiger partial charge in [-0.1, -0.05) is 41.9 Å². The van der Waals surface area contributed by atoms with E-state index in [0.717, 1.165) is 28.1 Å². The van der Waals surface area contributed by atoms with Crippen molar-refractivity contribution in [1.82, 2.24) is 24.4 Å². The molecule has 0 spiro atoms. The Balaban J connectivity index is 1.65. The number of ether oxygens (including phenoxy) is 1. The fourth-order valence-electron chi connectivity index (χ4n) is 3.79. The maximum atomic E-state index is 13.1. The topological polar surface area (TPSA) is 74.3 Å². The molecular formula is C23H18ClN5O2. The van der Waals surface area contributed by atoms with Crippen molar-refractivity contribution >= 4 is 28.3 Å². The summed E-state index contributed by atoms with van der Waals surface area (Å²) in [7, 11) is 1.61. The van der Waals surface area contributed by atoms with Gasteiger partial charge in [-0.2, -0.15) is 5.10 Å². The Morgan fingerprint density at radius 1 is 1.03 bits per heavy atom. The number of methoxy groups -OCH3 is 1. The molecule has 154 valence electrons. The van der Waals surface area contributed by atoms with Crippen molar-refractivity contribution < 1.29 is 4.74 Å². The van der Waals surface area contributed by atoms with Gasteiger partial charge < -0.3 is 9.30 Å². The van der Waals surface area contributed by atoms with Gasteiger partial charge in [0.25, 0.3) is 5.56 Å². The average molecular weight is 432 g/mol. The van der Waals surface area contributed by atoms with Gasteiger partial charge in [-0.3, -0.25) is 4.79 Å².